The third-order valence-electron chi connectivity index (χ3n) is 8.09. The molecule has 0 aromatic heterocycles. The first-order valence-electron chi connectivity index (χ1n) is 12.9. The summed E-state index contributed by atoms with van der Waals surface area (Å²) in [5.41, 5.74) is -1.51. The van der Waals surface area contributed by atoms with E-state index in [4.69, 9.17) is 4.74 Å². The lowest BCUT2D eigenvalue weighted by Gasteiger charge is -2.38. The van der Waals surface area contributed by atoms with E-state index in [1.165, 1.54) is 0 Å². The molecule has 4 aliphatic rings. The zero-order chi connectivity index (χ0) is 25.7. The van der Waals surface area contributed by atoms with Gasteiger partial charge in [-0.05, 0) is 45.7 Å². The summed E-state index contributed by atoms with van der Waals surface area (Å²) in [7, 11) is 0. The summed E-state index contributed by atoms with van der Waals surface area (Å²) in [5, 5.41) is 9.33. The number of fused-ring (bicyclic) bond motifs is 2. The Morgan fingerprint density at radius 1 is 0.972 bits per heavy atom. The van der Waals surface area contributed by atoms with Crippen LogP contribution in [0.3, 0.4) is 0 Å². The van der Waals surface area contributed by atoms with Gasteiger partial charge in [0.2, 0.25) is 17.7 Å². The number of aliphatic hydroxyl groups excluding tert-OH is 1. The molecule has 0 bridgehead atoms. The number of nitrogens with zero attached hydrogens (tertiary/aromatic N) is 3. The molecule has 1 aromatic carbocycles. The second-order valence-corrected chi connectivity index (χ2v) is 10.6. The topological polar surface area (TPSA) is 90.4 Å². The highest BCUT2D eigenvalue weighted by Crippen LogP contribution is 2.57. The van der Waals surface area contributed by atoms with Crippen LogP contribution in [0, 0.1) is 11.8 Å². The van der Waals surface area contributed by atoms with Gasteiger partial charge in [0.25, 0.3) is 0 Å². The van der Waals surface area contributed by atoms with Crippen molar-refractivity contribution in [1.29, 1.82) is 0 Å². The molecule has 36 heavy (non-hydrogen) atoms. The highest BCUT2D eigenvalue weighted by atomic mass is 16.5. The normalized spacial score (nSPS) is 33.6. The monoisotopic (exact) mass is 493 g/mol. The molecule has 8 heteroatoms. The van der Waals surface area contributed by atoms with Crippen LogP contribution < -0.4 is 4.90 Å². The van der Waals surface area contributed by atoms with Gasteiger partial charge in [0.05, 0.1) is 17.4 Å². The molecule has 1 aromatic rings. The molecule has 5 atom stereocenters. The van der Waals surface area contributed by atoms with E-state index >= 15 is 0 Å². The predicted molar refractivity (Wildman–Crippen MR) is 135 cm³/mol. The number of rotatable bonds is 6. The van der Waals surface area contributed by atoms with Crippen LogP contribution in [-0.4, -0.2) is 82.2 Å². The van der Waals surface area contributed by atoms with Gasteiger partial charge < -0.3 is 24.5 Å². The Labute approximate surface area is 212 Å². The van der Waals surface area contributed by atoms with Crippen molar-refractivity contribution in [2.24, 2.45) is 11.8 Å². The van der Waals surface area contributed by atoms with E-state index in [2.05, 4.69) is 0 Å². The molecule has 192 valence electrons. The van der Waals surface area contributed by atoms with E-state index in [9.17, 15) is 19.5 Å². The van der Waals surface area contributed by atoms with Gasteiger partial charge in [-0.25, -0.2) is 0 Å². The summed E-state index contributed by atoms with van der Waals surface area (Å²) in [6.45, 7) is 6.92. The Hall–Kier alpha value is -2.97. The van der Waals surface area contributed by atoms with Crippen molar-refractivity contribution >= 4 is 23.4 Å². The maximum atomic E-state index is 14.2. The van der Waals surface area contributed by atoms with E-state index in [-0.39, 0.29) is 30.4 Å². The molecule has 3 amide bonds. The summed E-state index contributed by atoms with van der Waals surface area (Å²) >= 11 is 0. The Balaban J connectivity index is 1.62. The molecular weight excluding hydrogens is 458 g/mol. The number of anilines is 1. The third kappa shape index (κ3) is 3.61. The van der Waals surface area contributed by atoms with Gasteiger partial charge in [-0.1, -0.05) is 42.5 Å². The molecule has 1 spiro atoms. The number of amides is 3. The van der Waals surface area contributed by atoms with Crippen LogP contribution in [0.5, 0.6) is 0 Å². The van der Waals surface area contributed by atoms with Crippen molar-refractivity contribution in [2.45, 2.75) is 56.9 Å². The fourth-order valence-corrected chi connectivity index (χ4v) is 6.48. The zero-order valence-electron chi connectivity index (χ0n) is 21.2. The molecule has 8 nitrogen and oxygen atoms in total. The molecule has 2 saturated heterocycles. The van der Waals surface area contributed by atoms with Gasteiger partial charge in [0, 0.05) is 38.0 Å². The van der Waals surface area contributed by atoms with E-state index in [1.807, 2.05) is 75.4 Å². The van der Waals surface area contributed by atoms with Gasteiger partial charge in [0.15, 0.2) is 0 Å². The first kappa shape index (κ1) is 24.7. The summed E-state index contributed by atoms with van der Waals surface area (Å²) in [6, 6.07) is 8.53. The smallest absolute Gasteiger partial charge is 0.249 e. The molecule has 1 unspecified atom stereocenters. The Bertz CT molecular complexity index is 1100. The maximum Gasteiger partial charge on any atom is 0.249 e. The van der Waals surface area contributed by atoms with Crippen molar-refractivity contribution < 1.29 is 24.2 Å². The standard InChI is InChI=1S/C28H35N3O5/c1-19(2)29-16-10-14-28-22(25(34)31(15-7-8-18-32)23(28)26(29)35)21-24(33)30(20-11-5-4-6-12-20)17-9-13-27(21,3)36-28/h4-6,9-14,19,21-23,32H,7-8,15-18H2,1-3H3/t21-,22-,23?,27+,28-/m0/s1. The van der Waals surface area contributed by atoms with Crippen molar-refractivity contribution in [3.63, 3.8) is 0 Å². The fraction of sp³-hybridized carbons (Fsp3) is 0.536. The summed E-state index contributed by atoms with van der Waals surface area (Å²) in [5.74, 6) is -2.17. The lowest BCUT2D eigenvalue weighted by atomic mass is 9.74. The van der Waals surface area contributed by atoms with Crippen LogP contribution in [0.4, 0.5) is 5.69 Å². The predicted octanol–water partition coefficient (Wildman–Crippen LogP) is 2.14. The van der Waals surface area contributed by atoms with E-state index in [1.54, 1.807) is 14.7 Å². The number of likely N-dealkylation sites (tertiary alicyclic amines) is 1. The highest BCUT2D eigenvalue weighted by Gasteiger charge is 2.74. The molecule has 0 radical (unpaired) electrons. The van der Waals surface area contributed by atoms with E-state index < -0.39 is 29.1 Å². The largest absolute Gasteiger partial charge is 0.396 e. The van der Waals surface area contributed by atoms with Gasteiger partial charge in [-0.15, -0.1) is 0 Å². The van der Waals surface area contributed by atoms with Crippen LogP contribution in [0.25, 0.3) is 0 Å². The van der Waals surface area contributed by atoms with Crippen molar-refractivity contribution in [2.75, 3.05) is 31.1 Å². The second-order valence-electron chi connectivity index (χ2n) is 10.6. The van der Waals surface area contributed by atoms with Crippen LogP contribution in [0.2, 0.25) is 0 Å². The first-order chi connectivity index (χ1) is 17.2. The number of hydrogen-bond acceptors (Lipinski definition) is 5. The lowest BCUT2D eigenvalue weighted by molar-refractivity contribution is -0.152. The van der Waals surface area contributed by atoms with Gasteiger partial charge in [-0.3, -0.25) is 14.4 Å². The second kappa shape index (κ2) is 9.16. The number of unbranched alkanes of at least 4 members (excludes halogenated alkanes) is 1. The Morgan fingerprint density at radius 3 is 2.39 bits per heavy atom. The van der Waals surface area contributed by atoms with Crippen LogP contribution in [0.15, 0.2) is 54.6 Å². The SMILES string of the molecule is CC(C)N1CC=C[C@]23O[C@]4(C)C=CCN(c5ccccc5)C(=O)[C@@H]4[C@H]2C(=O)N(CCCCO)C3C1=O. The summed E-state index contributed by atoms with van der Waals surface area (Å²) < 4.78 is 6.81. The van der Waals surface area contributed by atoms with Crippen LogP contribution in [0.1, 0.15) is 33.6 Å². The minimum Gasteiger partial charge on any atom is -0.396 e. The summed E-state index contributed by atoms with van der Waals surface area (Å²) in [4.78, 5) is 47.4. The van der Waals surface area contributed by atoms with E-state index in [0.717, 1.165) is 5.69 Å². The van der Waals surface area contributed by atoms with Crippen molar-refractivity contribution in [3.05, 3.63) is 54.6 Å². The van der Waals surface area contributed by atoms with Gasteiger partial charge in [-0.2, -0.15) is 0 Å². The first-order valence-corrected chi connectivity index (χ1v) is 12.9. The quantitative estimate of drug-likeness (QED) is 0.485. The average Bonchev–Trinajstić information content (AvgIpc) is 3.10. The van der Waals surface area contributed by atoms with Crippen LogP contribution >= 0.6 is 0 Å². The number of carbonyl (C=O) groups is 3. The van der Waals surface area contributed by atoms with E-state index in [0.29, 0.717) is 32.5 Å². The maximum absolute atomic E-state index is 14.2. The third-order valence-corrected chi connectivity index (χ3v) is 8.09. The van der Waals surface area contributed by atoms with Crippen LogP contribution in [-0.2, 0) is 19.1 Å². The number of ether oxygens (including phenoxy) is 1. The zero-order valence-corrected chi connectivity index (χ0v) is 21.2. The van der Waals surface area contributed by atoms with Gasteiger partial charge >= 0.3 is 0 Å². The molecule has 4 heterocycles. The average molecular weight is 494 g/mol. The highest BCUT2D eigenvalue weighted by molar-refractivity contribution is 6.04. The molecular formula is C28H35N3O5. The van der Waals surface area contributed by atoms with Gasteiger partial charge in [0.1, 0.15) is 11.6 Å². The number of aliphatic hydroxyl groups is 1. The van der Waals surface area contributed by atoms with Crippen molar-refractivity contribution in [1.82, 2.24) is 9.80 Å². The Morgan fingerprint density at radius 2 is 1.69 bits per heavy atom. The lowest BCUT2D eigenvalue weighted by Crippen LogP contribution is -2.57. The molecule has 0 saturated carbocycles. The molecule has 5 rings (SSSR count). The minimum absolute atomic E-state index is 0.0136. The number of carbonyl (C=O) groups excluding carboxylic acids is 3. The molecule has 2 fully saturated rings. The fourth-order valence-electron chi connectivity index (χ4n) is 6.48. The number of benzene rings is 1. The minimum atomic E-state index is -1.24. The molecule has 0 aliphatic carbocycles. The summed E-state index contributed by atoms with van der Waals surface area (Å²) in [6.07, 6.45) is 8.69. The Kier molecular flexibility index (Phi) is 6.29. The number of para-hydroxylation sites is 1. The van der Waals surface area contributed by atoms with Crippen molar-refractivity contribution in [3.8, 4) is 0 Å². The molecule has 1 N–H and O–H groups in total. The molecule has 4 aliphatic heterocycles. The number of hydrogen-bond donors (Lipinski definition) is 1.